The molecule has 0 aliphatic carbocycles. The van der Waals surface area contributed by atoms with Crippen molar-refractivity contribution in [3.63, 3.8) is 0 Å². The Kier molecular flexibility index (Phi) is 3.31. The number of hydrogen-bond acceptors (Lipinski definition) is 5. The molecule has 1 aliphatic rings. The third-order valence-corrected chi connectivity index (χ3v) is 2.62. The maximum atomic E-state index is 11.5. The Hall–Kier alpha value is -1.92. The van der Waals surface area contributed by atoms with Crippen LogP contribution in [0.5, 0.6) is 5.75 Å². The molecule has 1 aromatic carbocycles. The largest absolute Gasteiger partial charge is 0.492 e. The molecule has 0 saturated heterocycles. The third-order valence-electron chi connectivity index (χ3n) is 2.62. The van der Waals surface area contributed by atoms with Crippen molar-refractivity contribution in [2.24, 2.45) is 5.10 Å². The molecule has 0 unspecified atom stereocenters. The highest BCUT2D eigenvalue weighted by atomic mass is 16.5. The molecule has 1 aliphatic heterocycles. The number of carbonyl (C=O) groups is 1. The minimum absolute atomic E-state index is 0.0350. The number of hydrogen-bond donors (Lipinski definition) is 2. The van der Waals surface area contributed by atoms with Crippen molar-refractivity contribution >= 4 is 11.6 Å². The Morgan fingerprint density at radius 3 is 2.56 bits per heavy atom. The summed E-state index contributed by atoms with van der Waals surface area (Å²) in [6, 6.07) is 9.14. The van der Waals surface area contributed by atoms with E-state index in [1.807, 2.05) is 18.2 Å². The number of hydrazone groups is 1. The molecule has 0 atom stereocenters. The minimum Gasteiger partial charge on any atom is -0.492 e. The van der Waals surface area contributed by atoms with Crippen LogP contribution in [0, 0.1) is 0 Å². The van der Waals surface area contributed by atoms with Crippen LogP contribution in [0.4, 0.5) is 0 Å². The van der Waals surface area contributed by atoms with E-state index in [0.29, 0.717) is 5.75 Å². The van der Waals surface area contributed by atoms with Gasteiger partial charge in [0, 0.05) is 0 Å². The van der Waals surface area contributed by atoms with Gasteiger partial charge in [0.15, 0.2) is 0 Å². The molecule has 96 valence electrons. The molecule has 1 heterocycles. The first-order chi connectivity index (χ1) is 8.51. The van der Waals surface area contributed by atoms with Crippen molar-refractivity contribution in [2.75, 3.05) is 13.2 Å². The summed E-state index contributed by atoms with van der Waals surface area (Å²) in [7, 11) is 0. The van der Waals surface area contributed by atoms with Crippen LogP contribution in [-0.2, 0) is 4.79 Å². The molecule has 0 saturated carbocycles. The van der Waals surface area contributed by atoms with Gasteiger partial charge in [0.25, 0.3) is 5.79 Å². The van der Waals surface area contributed by atoms with E-state index in [1.165, 1.54) is 6.92 Å². The van der Waals surface area contributed by atoms with Gasteiger partial charge in [-0.25, -0.2) is 5.01 Å². The maximum Gasteiger partial charge on any atom is 0.309 e. The fraction of sp³-hybridized carbons (Fsp3) is 0.333. The summed E-state index contributed by atoms with van der Waals surface area (Å²) in [6.45, 7) is 1.77. The number of benzene rings is 1. The van der Waals surface area contributed by atoms with Crippen molar-refractivity contribution in [1.29, 1.82) is 0 Å². The smallest absolute Gasteiger partial charge is 0.309 e. The summed E-state index contributed by atoms with van der Waals surface area (Å²) in [4.78, 5) is 11.5. The normalized spacial score (nSPS) is 17.8. The number of carbonyl (C=O) groups excluding carboxylic acids is 1. The highest BCUT2D eigenvalue weighted by Crippen LogP contribution is 2.17. The summed E-state index contributed by atoms with van der Waals surface area (Å²) >= 11 is 0. The fourth-order valence-electron chi connectivity index (χ4n) is 1.55. The molecule has 6 nitrogen and oxygen atoms in total. The van der Waals surface area contributed by atoms with Crippen LogP contribution in [-0.4, -0.2) is 45.8 Å². The Morgan fingerprint density at radius 2 is 2.00 bits per heavy atom. The van der Waals surface area contributed by atoms with E-state index < -0.39 is 11.7 Å². The summed E-state index contributed by atoms with van der Waals surface area (Å²) in [5, 5.41) is 23.6. The number of ether oxygens (including phenoxy) is 1. The molecule has 2 N–H and O–H groups in total. The van der Waals surface area contributed by atoms with E-state index in [-0.39, 0.29) is 18.9 Å². The van der Waals surface area contributed by atoms with Crippen molar-refractivity contribution < 1.29 is 19.7 Å². The zero-order chi connectivity index (χ0) is 13.2. The number of aliphatic hydroxyl groups is 2. The first kappa shape index (κ1) is 12.5. The zero-order valence-electron chi connectivity index (χ0n) is 9.91. The van der Waals surface area contributed by atoms with Gasteiger partial charge < -0.3 is 14.9 Å². The molecule has 0 aromatic heterocycles. The number of amides is 1. The van der Waals surface area contributed by atoms with Crippen LogP contribution < -0.4 is 4.74 Å². The molecule has 1 aromatic rings. The van der Waals surface area contributed by atoms with Crippen molar-refractivity contribution in [1.82, 2.24) is 5.01 Å². The van der Waals surface area contributed by atoms with Gasteiger partial charge in [-0.05, 0) is 19.1 Å². The van der Waals surface area contributed by atoms with E-state index in [0.717, 1.165) is 5.01 Å². The number of rotatable bonds is 4. The highest BCUT2D eigenvalue weighted by Gasteiger charge is 2.46. The van der Waals surface area contributed by atoms with Crippen molar-refractivity contribution in [3.8, 4) is 5.75 Å². The van der Waals surface area contributed by atoms with Gasteiger partial charge in [-0.15, -0.1) is 0 Å². The molecule has 18 heavy (non-hydrogen) atoms. The van der Waals surface area contributed by atoms with Crippen LogP contribution in [0.1, 0.15) is 6.92 Å². The van der Waals surface area contributed by atoms with E-state index in [9.17, 15) is 15.0 Å². The Labute approximate surface area is 104 Å². The first-order valence-corrected chi connectivity index (χ1v) is 5.52. The van der Waals surface area contributed by atoms with Crippen molar-refractivity contribution in [3.05, 3.63) is 30.3 Å². The molecule has 1 amide bonds. The number of nitrogens with zero attached hydrogens (tertiary/aromatic N) is 2. The van der Waals surface area contributed by atoms with E-state index in [2.05, 4.69) is 5.10 Å². The minimum atomic E-state index is -2.48. The van der Waals surface area contributed by atoms with Crippen LogP contribution in [0.3, 0.4) is 0 Å². The molecule has 0 fully saturated rings. The summed E-state index contributed by atoms with van der Waals surface area (Å²) in [6.07, 6.45) is 0. The van der Waals surface area contributed by atoms with Crippen LogP contribution in [0.2, 0.25) is 0 Å². The lowest BCUT2D eigenvalue weighted by Crippen LogP contribution is -2.46. The molecular formula is C12H14N2O4. The standard InChI is InChI=1S/C12H14N2O4/c1-9-12(16,17)11(15)14(13-9)7-8-18-10-5-3-2-4-6-10/h2-6,16-17H,7-8H2,1H3. The van der Waals surface area contributed by atoms with E-state index >= 15 is 0 Å². The lowest BCUT2D eigenvalue weighted by atomic mass is 10.2. The fourth-order valence-corrected chi connectivity index (χ4v) is 1.55. The SMILES string of the molecule is CC1=NN(CCOc2ccccc2)C(=O)C1(O)O. The third kappa shape index (κ3) is 2.34. The quantitative estimate of drug-likeness (QED) is 0.735. The Bertz CT molecular complexity index is 470. The topological polar surface area (TPSA) is 82.4 Å². The first-order valence-electron chi connectivity index (χ1n) is 5.52. The summed E-state index contributed by atoms with van der Waals surface area (Å²) in [5.41, 5.74) is -0.0350. The van der Waals surface area contributed by atoms with E-state index in [1.54, 1.807) is 12.1 Å². The van der Waals surface area contributed by atoms with Gasteiger partial charge in [-0.1, -0.05) is 18.2 Å². The Morgan fingerprint density at radius 1 is 1.33 bits per heavy atom. The lowest BCUT2D eigenvalue weighted by Gasteiger charge is -2.16. The second-order valence-corrected chi connectivity index (χ2v) is 3.95. The van der Waals surface area contributed by atoms with Gasteiger partial charge in [0.1, 0.15) is 18.1 Å². The average molecular weight is 250 g/mol. The van der Waals surface area contributed by atoms with Gasteiger partial charge in [-0.3, -0.25) is 4.79 Å². The van der Waals surface area contributed by atoms with Crippen molar-refractivity contribution in [2.45, 2.75) is 12.7 Å². The van der Waals surface area contributed by atoms with Gasteiger partial charge >= 0.3 is 5.91 Å². The second-order valence-electron chi connectivity index (χ2n) is 3.95. The van der Waals surface area contributed by atoms with Crippen LogP contribution in [0.15, 0.2) is 35.4 Å². The summed E-state index contributed by atoms with van der Waals surface area (Å²) < 4.78 is 5.39. The number of para-hydroxylation sites is 1. The monoisotopic (exact) mass is 250 g/mol. The highest BCUT2D eigenvalue weighted by molar-refractivity contribution is 6.12. The molecule has 0 spiro atoms. The summed E-state index contributed by atoms with van der Waals surface area (Å²) in [5.74, 6) is -2.65. The second kappa shape index (κ2) is 4.75. The molecule has 6 heteroatoms. The molecule has 0 radical (unpaired) electrons. The average Bonchev–Trinajstić information content (AvgIpc) is 2.55. The van der Waals surface area contributed by atoms with Gasteiger partial charge in [-0.2, -0.15) is 5.10 Å². The van der Waals surface area contributed by atoms with Gasteiger partial charge in [0.2, 0.25) is 0 Å². The van der Waals surface area contributed by atoms with Gasteiger partial charge in [0.05, 0.1) is 6.54 Å². The maximum absolute atomic E-state index is 11.5. The predicted molar refractivity (Wildman–Crippen MR) is 63.9 cm³/mol. The molecule has 2 rings (SSSR count). The zero-order valence-corrected chi connectivity index (χ0v) is 9.91. The van der Waals surface area contributed by atoms with Crippen LogP contribution >= 0.6 is 0 Å². The van der Waals surface area contributed by atoms with Crippen LogP contribution in [0.25, 0.3) is 0 Å². The van der Waals surface area contributed by atoms with E-state index in [4.69, 9.17) is 4.74 Å². The molecular weight excluding hydrogens is 236 g/mol. The Balaban J connectivity index is 1.88. The lowest BCUT2D eigenvalue weighted by molar-refractivity contribution is -0.168. The molecule has 0 bridgehead atoms. The predicted octanol–water partition coefficient (Wildman–Crippen LogP) is -0.0356.